The first-order valence-electron chi connectivity index (χ1n) is 7.54. The lowest BCUT2D eigenvalue weighted by Gasteiger charge is -2.52. The summed E-state index contributed by atoms with van der Waals surface area (Å²) < 4.78 is 0. The average molecular weight is 279 g/mol. The fourth-order valence-corrected chi connectivity index (χ4v) is 4.25. The Kier molecular flexibility index (Phi) is 3.67. The van der Waals surface area contributed by atoms with E-state index in [1.165, 1.54) is 37.1 Å². The van der Waals surface area contributed by atoms with E-state index in [-0.39, 0.29) is 5.54 Å². The summed E-state index contributed by atoms with van der Waals surface area (Å²) in [5, 5.41) is 7.19. The second kappa shape index (κ2) is 5.15. The third-order valence-electron chi connectivity index (χ3n) is 5.18. The normalized spacial score (nSPS) is 31.1. The van der Waals surface area contributed by atoms with E-state index in [1.54, 1.807) is 11.3 Å². The van der Waals surface area contributed by atoms with E-state index in [9.17, 15) is 0 Å². The summed E-state index contributed by atoms with van der Waals surface area (Å²) in [4.78, 5) is 7.23. The molecule has 1 aromatic rings. The van der Waals surface area contributed by atoms with E-state index >= 15 is 0 Å². The van der Waals surface area contributed by atoms with Crippen LogP contribution in [0.1, 0.15) is 51.0 Å². The molecular formula is C15H25N3S. The van der Waals surface area contributed by atoms with Crippen molar-refractivity contribution in [3.05, 3.63) is 16.6 Å². The van der Waals surface area contributed by atoms with Crippen LogP contribution in [0.25, 0.3) is 0 Å². The fourth-order valence-electron chi connectivity index (χ4n) is 3.62. The number of thiazole rings is 1. The Labute approximate surface area is 120 Å². The summed E-state index contributed by atoms with van der Waals surface area (Å²) in [6.45, 7) is 8.01. The molecule has 1 aliphatic heterocycles. The Morgan fingerprint density at radius 3 is 2.84 bits per heavy atom. The van der Waals surface area contributed by atoms with E-state index in [4.69, 9.17) is 0 Å². The minimum Gasteiger partial charge on any atom is -0.308 e. The number of piperazine rings is 1. The summed E-state index contributed by atoms with van der Waals surface area (Å²) in [5.74, 6) is 0. The molecule has 1 saturated heterocycles. The van der Waals surface area contributed by atoms with Crippen molar-refractivity contribution in [2.75, 3.05) is 13.1 Å². The summed E-state index contributed by atoms with van der Waals surface area (Å²) in [6, 6.07) is 0. The first kappa shape index (κ1) is 13.5. The van der Waals surface area contributed by atoms with Gasteiger partial charge in [0.25, 0.3) is 0 Å². The lowest BCUT2D eigenvalue weighted by molar-refractivity contribution is 0.00529. The van der Waals surface area contributed by atoms with Gasteiger partial charge in [-0.25, -0.2) is 4.98 Å². The van der Waals surface area contributed by atoms with Crippen LogP contribution in [0.4, 0.5) is 0 Å². The third-order valence-corrected chi connectivity index (χ3v) is 5.94. The average Bonchev–Trinajstić information content (AvgIpc) is 3.07. The summed E-state index contributed by atoms with van der Waals surface area (Å²) in [7, 11) is 0. The van der Waals surface area contributed by atoms with Gasteiger partial charge in [0.1, 0.15) is 5.01 Å². The van der Waals surface area contributed by atoms with Gasteiger partial charge in [0.15, 0.2) is 0 Å². The van der Waals surface area contributed by atoms with Gasteiger partial charge in [-0.05, 0) is 26.2 Å². The second-order valence-corrected chi connectivity index (χ2v) is 7.46. The molecule has 0 bridgehead atoms. The van der Waals surface area contributed by atoms with Gasteiger partial charge in [-0.2, -0.15) is 0 Å². The van der Waals surface area contributed by atoms with Crippen LogP contribution in [0, 0.1) is 0 Å². The first-order chi connectivity index (χ1) is 9.16. The molecule has 3 nitrogen and oxygen atoms in total. The quantitative estimate of drug-likeness (QED) is 0.922. The van der Waals surface area contributed by atoms with Crippen LogP contribution in [-0.4, -0.2) is 34.1 Å². The van der Waals surface area contributed by atoms with Crippen molar-refractivity contribution in [3.8, 4) is 0 Å². The number of nitrogens with zero attached hydrogens (tertiary/aromatic N) is 2. The Morgan fingerprint density at radius 1 is 1.42 bits per heavy atom. The van der Waals surface area contributed by atoms with Crippen molar-refractivity contribution in [1.29, 1.82) is 0 Å². The number of hydrogen-bond donors (Lipinski definition) is 1. The highest BCUT2D eigenvalue weighted by Crippen LogP contribution is 2.39. The molecule has 1 aliphatic carbocycles. The third kappa shape index (κ3) is 2.58. The minimum absolute atomic E-state index is 0.269. The lowest BCUT2D eigenvalue weighted by atomic mass is 9.85. The zero-order chi connectivity index (χ0) is 13.3. The molecule has 2 aliphatic rings. The standard InChI is InChI=1S/C15H25N3S/c1-3-14(2)12-18(10-13-16-8-9-19-13)15(11-17-14)6-4-5-7-15/h8-9,17H,3-7,10-12H2,1-2H3. The van der Waals surface area contributed by atoms with Crippen LogP contribution >= 0.6 is 11.3 Å². The van der Waals surface area contributed by atoms with Gasteiger partial charge in [-0.15, -0.1) is 11.3 Å². The van der Waals surface area contributed by atoms with Crippen molar-refractivity contribution in [2.45, 2.75) is 63.6 Å². The van der Waals surface area contributed by atoms with E-state index in [0.29, 0.717) is 5.54 Å². The van der Waals surface area contributed by atoms with Crippen LogP contribution in [0.15, 0.2) is 11.6 Å². The van der Waals surface area contributed by atoms with Gasteiger partial charge in [-0.1, -0.05) is 19.8 Å². The number of rotatable bonds is 3. The number of aromatic nitrogens is 1. The van der Waals surface area contributed by atoms with Crippen molar-refractivity contribution >= 4 is 11.3 Å². The molecule has 1 aromatic heterocycles. The van der Waals surface area contributed by atoms with Crippen LogP contribution in [0.2, 0.25) is 0 Å². The van der Waals surface area contributed by atoms with Crippen molar-refractivity contribution in [3.63, 3.8) is 0 Å². The maximum Gasteiger partial charge on any atom is 0.107 e. The Balaban J connectivity index is 1.81. The largest absolute Gasteiger partial charge is 0.308 e. The van der Waals surface area contributed by atoms with Crippen molar-refractivity contribution < 1.29 is 0 Å². The molecule has 0 amide bonds. The van der Waals surface area contributed by atoms with Gasteiger partial charge in [0.2, 0.25) is 0 Å². The Hall–Kier alpha value is -0.450. The van der Waals surface area contributed by atoms with Gasteiger partial charge in [0.05, 0.1) is 6.54 Å². The molecule has 0 aromatic carbocycles. The molecule has 1 atom stereocenters. The maximum atomic E-state index is 4.49. The van der Waals surface area contributed by atoms with Crippen LogP contribution in [0.5, 0.6) is 0 Å². The molecule has 3 rings (SSSR count). The molecule has 0 radical (unpaired) electrons. The topological polar surface area (TPSA) is 28.2 Å². The zero-order valence-electron chi connectivity index (χ0n) is 12.1. The Bertz CT molecular complexity index is 411. The van der Waals surface area contributed by atoms with Gasteiger partial charge in [-0.3, -0.25) is 4.90 Å². The molecule has 19 heavy (non-hydrogen) atoms. The molecule has 2 fully saturated rings. The minimum atomic E-state index is 0.269. The van der Waals surface area contributed by atoms with Crippen molar-refractivity contribution in [1.82, 2.24) is 15.2 Å². The predicted molar refractivity (Wildman–Crippen MR) is 80.4 cm³/mol. The fraction of sp³-hybridized carbons (Fsp3) is 0.800. The molecule has 4 heteroatoms. The van der Waals surface area contributed by atoms with E-state index in [0.717, 1.165) is 19.6 Å². The Morgan fingerprint density at radius 2 is 2.21 bits per heavy atom. The molecule has 1 saturated carbocycles. The zero-order valence-corrected chi connectivity index (χ0v) is 12.9. The molecule has 1 unspecified atom stereocenters. The van der Waals surface area contributed by atoms with Crippen LogP contribution < -0.4 is 5.32 Å². The van der Waals surface area contributed by atoms with E-state index in [1.807, 2.05) is 6.20 Å². The molecule has 1 N–H and O–H groups in total. The monoisotopic (exact) mass is 279 g/mol. The molecular weight excluding hydrogens is 254 g/mol. The van der Waals surface area contributed by atoms with Gasteiger partial charge < -0.3 is 5.32 Å². The van der Waals surface area contributed by atoms with Crippen molar-refractivity contribution in [2.24, 2.45) is 0 Å². The SMILES string of the molecule is CCC1(C)CN(Cc2nccs2)C2(CCCC2)CN1. The number of hydrogen-bond acceptors (Lipinski definition) is 4. The first-order valence-corrected chi connectivity index (χ1v) is 8.42. The molecule has 106 valence electrons. The molecule has 1 spiro atoms. The highest BCUT2D eigenvalue weighted by Gasteiger charge is 2.46. The number of nitrogens with one attached hydrogen (secondary N) is 1. The summed E-state index contributed by atoms with van der Waals surface area (Å²) in [6.07, 6.45) is 8.61. The summed E-state index contributed by atoms with van der Waals surface area (Å²) in [5.41, 5.74) is 0.672. The molecule has 2 heterocycles. The predicted octanol–water partition coefficient (Wildman–Crippen LogP) is 3.03. The second-order valence-electron chi connectivity index (χ2n) is 6.48. The van der Waals surface area contributed by atoms with Crippen LogP contribution in [-0.2, 0) is 6.54 Å². The van der Waals surface area contributed by atoms with E-state index in [2.05, 4.69) is 34.4 Å². The highest BCUT2D eigenvalue weighted by atomic mass is 32.1. The maximum absolute atomic E-state index is 4.49. The van der Waals surface area contributed by atoms with Gasteiger partial charge in [0, 0.05) is 35.7 Å². The van der Waals surface area contributed by atoms with Gasteiger partial charge >= 0.3 is 0 Å². The van der Waals surface area contributed by atoms with Crippen LogP contribution in [0.3, 0.4) is 0 Å². The highest BCUT2D eigenvalue weighted by molar-refractivity contribution is 7.09. The summed E-state index contributed by atoms with van der Waals surface area (Å²) >= 11 is 1.79. The smallest absolute Gasteiger partial charge is 0.107 e. The lowest BCUT2D eigenvalue weighted by Crippen LogP contribution is -2.67. The van der Waals surface area contributed by atoms with E-state index < -0.39 is 0 Å².